The monoisotopic (exact) mass is 1770 g/mol. The van der Waals surface area contributed by atoms with Crippen molar-refractivity contribution in [1.82, 2.24) is 29.4 Å². The highest BCUT2D eigenvalue weighted by molar-refractivity contribution is 7.92. The van der Waals surface area contributed by atoms with Gasteiger partial charge in [-0.05, 0) is 335 Å². The molecule has 6 aromatic rings. The number of benzene rings is 6. The lowest BCUT2D eigenvalue weighted by Gasteiger charge is -2.32. The molecular weight excluding hydrogens is 1550 g/mol. The SMILES string of the molecule is [2H]C([2H])(C)C([2H])([2H])N1CCC[C@H](c2cccc(S(=O)(=O)C([2H])([2H])[2H])c2)C1.[2H]C([2H])(CC)N1C([2H])([2H])C([2H])([2H])C([2H])([2H])[C@]([2H])(c2cccc(S(=O)(=O)C([2H])([2H])[2H])c2)C1([2H])[2H].[2H]C1([2H])N(CCC)C([2H])([2H])[C@@]([2H])(c2cccc(S(=O)(=O)C([2H])([2H])[2H])c2)C([2H])([2H])C1([2H])[2H].[2H]c1c([2H])c([C@]2([2H])C([2H])([2H])N(C([2H])([2H])C([2H])([2H])C)C([2H])([2H])C([2H])([2H])C2([2H])[2H])c([2H])c(S(C)(=O)=O)c1[2H].[2H]c1c([2H])c([C@]2([2H])C([2H])([2H])N(C([2H])([2H])CC)C([2H])([2H])C([2H])([2H])C2([2H])[2H])c([2H])c(S(C)(=O)=O)c1[2H].[2H]c1c([2H])c([C@]2([2H])C([2H])([2H])N(CCC)C([2H])([2H])C([2H])([2H])C2([2H])[2H])c([2H])c(S(C)(=O)=O)c1[2H]. The second kappa shape index (κ2) is 46.4. The summed E-state index contributed by atoms with van der Waals surface area (Å²) in [5, 5.41) is 0. The summed E-state index contributed by atoms with van der Waals surface area (Å²) in [7, 11) is -28.0. The zero-order valence-electron chi connectivity index (χ0n) is 141. The second-order valence-electron chi connectivity index (χ2n) is 23.7. The van der Waals surface area contributed by atoms with Crippen LogP contribution in [0.2, 0.25) is 0 Å². The van der Waals surface area contributed by atoms with E-state index in [-0.39, 0.29) is 46.5 Å². The first-order valence-corrected chi connectivity index (χ1v) is 43.9. The van der Waals surface area contributed by atoms with Crippen LogP contribution in [0.3, 0.4) is 0 Å². The zero-order chi connectivity index (χ0) is 152. The molecule has 6 aliphatic heterocycles. The molecule has 0 bridgehead atoms. The average molecular weight is 1770 g/mol. The minimum Gasteiger partial charge on any atom is -0.303 e. The summed E-state index contributed by atoms with van der Waals surface area (Å²) in [6.07, 6.45) is -51.0. The van der Waals surface area contributed by atoms with Gasteiger partial charge in [-0.3, -0.25) is 0 Å². The normalized spacial score (nSPS) is 44.7. The lowest BCUT2D eigenvalue weighted by Crippen LogP contribution is -2.34. The number of hydrogen-bond donors (Lipinski definition) is 0. The van der Waals surface area contributed by atoms with E-state index in [0.29, 0.717) is 72.6 Å². The molecule has 0 N–H and O–H groups in total. The maximum absolute atomic E-state index is 12.4. The fourth-order valence-corrected chi connectivity index (χ4v) is 12.8. The van der Waals surface area contributed by atoms with E-state index in [2.05, 4.69) is 0 Å². The lowest BCUT2D eigenvalue weighted by molar-refractivity contribution is 0.208. The standard InChI is InChI=1S/6C15H23NO2S/c6*1-3-9-16-10-5-7-14(12-16)13-6-4-8-15(11-13)19(2,17)18/h6*4,6,8,11,14H,3,5,7,9-10,12H2,1-2H3/t6*14-/m000000/s1/i3D2,4D,5D2,6D,7D2,8D,9D2,10D2,11D,12D2,14D;4D,5D2,6D,7D2,8D,9D2,10D2,11D,12D2,14D;4D,5D2,6D,7D2,8D,10D2,11D,12D2,14D;2D3,5D2,7D2,9D2,10D2,12D2,14D;2D3,5D2,7D2,10D2,12D2,14D;2D3,3D2,9D2. The van der Waals surface area contributed by atoms with Crippen LogP contribution < -0.4 is 0 Å². The van der Waals surface area contributed by atoms with E-state index in [1.165, 1.54) is 50.8 Å². The van der Waals surface area contributed by atoms with Crippen molar-refractivity contribution in [3.8, 4) is 0 Å². The summed E-state index contributed by atoms with van der Waals surface area (Å²) in [5.41, 5.74) is -5.02. The molecule has 0 unspecified atom stereocenters. The summed E-state index contributed by atoms with van der Waals surface area (Å²) in [6.45, 7) is -40.7. The Kier molecular flexibility index (Phi) is 13.8. The third-order valence-corrected chi connectivity index (χ3v) is 20.1. The summed E-state index contributed by atoms with van der Waals surface area (Å²) in [5.74, 6) is -18.3. The average Bonchev–Trinajstić information content (AvgIpc) is 0.650. The predicted molar refractivity (Wildman–Crippen MR) is 470 cm³/mol. The number of piperidine rings is 6. The van der Waals surface area contributed by atoms with Gasteiger partial charge >= 0.3 is 0 Å². The van der Waals surface area contributed by atoms with Crippen LogP contribution in [0, 0.1) is 0 Å². The quantitative estimate of drug-likeness (QED) is 0.0549. The molecule has 0 aromatic heterocycles. The van der Waals surface area contributed by atoms with Crippen LogP contribution in [0.25, 0.3) is 0 Å². The van der Waals surface area contributed by atoms with Gasteiger partial charge in [-0.15, -0.1) is 0 Å². The number of nitrogens with zero attached hydrogens (tertiary/aromatic N) is 6. The van der Waals surface area contributed by atoms with Gasteiger partial charge < -0.3 is 29.4 Å². The predicted octanol–water partition coefficient (Wildman–Crippen LogP) is 16.1. The molecule has 6 fully saturated rings. The molecule has 6 aromatic carbocycles. The zero-order valence-corrected chi connectivity index (χ0v) is 67.5. The van der Waals surface area contributed by atoms with Crippen LogP contribution >= 0.6 is 0 Å². The number of likely N-dealkylation sites (tertiary alicyclic amines) is 6. The topological polar surface area (TPSA) is 224 Å². The Bertz CT molecular complexity index is 8680. The first-order chi connectivity index (χ1) is 84.1. The molecule has 0 spiro atoms. The highest BCUT2D eigenvalue weighted by atomic mass is 32.2. The van der Waals surface area contributed by atoms with E-state index >= 15 is 0 Å². The van der Waals surface area contributed by atoms with Crippen LogP contribution in [0.5, 0.6) is 0 Å². The van der Waals surface area contributed by atoms with Gasteiger partial charge in [0.25, 0.3) is 0 Å². The molecule has 0 radical (unpaired) electrons. The molecule has 0 amide bonds. The molecule has 0 saturated carbocycles. The highest BCUT2D eigenvalue weighted by Gasteiger charge is 2.29. The van der Waals surface area contributed by atoms with Gasteiger partial charge in [0.05, 0.1) is 45.8 Å². The number of hydrogen-bond acceptors (Lipinski definition) is 18. The maximum atomic E-state index is 12.4. The van der Waals surface area contributed by atoms with Crippen LogP contribution in [0.1, 0.15) is 332 Å². The molecule has 18 nitrogen and oxygen atoms in total. The van der Waals surface area contributed by atoms with Gasteiger partial charge in [-0.25, -0.2) is 50.5 Å². The Morgan fingerprint density at radius 1 is 0.377 bits per heavy atom. The highest BCUT2D eigenvalue weighted by Crippen LogP contribution is 2.35. The van der Waals surface area contributed by atoms with E-state index in [1.54, 1.807) is 13.0 Å². The maximum Gasteiger partial charge on any atom is 0.175 e. The van der Waals surface area contributed by atoms with Gasteiger partial charge in [-0.2, -0.15) is 0 Å². The van der Waals surface area contributed by atoms with Crippen molar-refractivity contribution in [3.63, 3.8) is 0 Å². The van der Waals surface area contributed by atoms with Crippen molar-refractivity contribution >= 4 is 59.0 Å². The van der Waals surface area contributed by atoms with Crippen molar-refractivity contribution in [2.45, 2.75) is 221 Å². The van der Waals surface area contributed by atoms with E-state index in [4.69, 9.17) is 107 Å². The second-order valence-corrected chi connectivity index (χ2v) is 33.9. The molecule has 114 heavy (non-hydrogen) atoms. The molecule has 6 heterocycles. The minimum atomic E-state index is -5.02. The van der Waals surface area contributed by atoms with E-state index < -0.39 is 424 Å². The molecule has 12 rings (SSSR count). The van der Waals surface area contributed by atoms with E-state index in [9.17, 15) is 50.5 Å². The third-order valence-electron chi connectivity index (χ3n) is 14.6. The first-order valence-electron chi connectivity index (χ1n) is 72.8. The molecular formula is C90H138N6O12S6. The molecule has 6 atom stereocenters. The fraction of sp³-hybridized carbons (Fsp3) is 0.600. The summed E-state index contributed by atoms with van der Waals surface area (Å²) < 4.78 is 782. The van der Waals surface area contributed by atoms with Crippen molar-refractivity contribution in [1.29, 1.82) is 0 Å². The molecule has 24 heteroatoms. The lowest BCUT2D eigenvalue weighted by atomic mass is 9.90. The minimum absolute atomic E-state index is 0.0690. The summed E-state index contributed by atoms with van der Waals surface area (Å²) >= 11 is 0. The van der Waals surface area contributed by atoms with Crippen LogP contribution in [-0.4, -0.2) is 234 Å². The van der Waals surface area contributed by atoms with E-state index in [0.717, 1.165) is 36.4 Å². The molecule has 6 aliphatic rings. The third kappa shape index (κ3) is 32.1. The Morgan fingerprint density at radius 2 is 0.684 bits per heavy atom. The van der Waals surface area contributed by atoms with Crippen LogP contribution in [0.4, 0.5) is 0 Å². The number of sulfone groups is 6. The molecule has 0 aliphatic carbocycles. The van der Waals surface area contributed by atoms with Crippen molar-refractivity contribution < 1.29 is 157 Å². The van der Waals surface area contributed by atoms with Crippen molar-refractivity contribution in [2.75, 3.05) is 154 Å². The smallest absolute Gasteiger partial charge is 0.175 e. The van der Waals surface area contributed by atoms with Gasteiger partial charge in [0.1, 0.15) is 0 Å². The number of rotatable bonds is 24. The molecule has 636 valence electrons. The van der Waals surface area contributed by atoms with E-state index in [1.807, 2.05) is 0 Å². The van der Waals surface area contributed by atoms with Crippen LogP contribution in [-0.2, 0) is 59.0 Å². The molecule has 6 saturated heterocycles. The Labute approximate surface area is 799 Å². The largest absolute Gasteiger partial charge is 0.303 e. The van der Waals surface area contributed by atoms with Gasteiger partial charge in [0, 0.05) is 167 Å². The summed E-state index contributed by atoms with van der Waals surface area (Å²) in [6, 6.07) is -2.53. The summed E-state index contributed by atoms with van der Waals surface area (Å²) in [4.78, 5) is -4.60. The van der Waals surface area contributed by atoms with Gasteiger partial charge in [0.2, 0.25) is 0 Å². The Hall–Kier alpha value is -5.22. The Morgan fingerprint density at radius 3 is 1.01 bits per heavy atom. The first kappa shape index (κ1) is 34.0. The fourth-order valence-electron chi connectivity index (χ4n) is 9.57. The van der Waals surface area contributed by atoms with Gasteiger partial charge in [-0.1, -0.05) is 114 Å². The van der Waals surface area contributed by atoms with Gasteiger partial charge in [0.15, 0.2) is 59.0 Å². The van der Waals surface area contributed by atoms with Crippen LogP contribution in [0.15, 0.2) is 175 Å². The van der Waals surface area contributed by atoms with Crippen molar-refractivity contribution in [2.24, 2.45) is 0 Å². The Balaban J connectivity index is 0.000000307. The van der Waals surface area contributed by atoms with Crippen molar-refractivity contribution in [3.05, 3.63) is 179 Å².